The lowest BCUT2D eigenvalue weighted by Gasteiger charge is -2.14. The van der Waals surface area contributed by atoms with Crippen molar-refractivity contribution in [2.45, 2.75) is 32.3 Å². The third-order valence-corrected chi connectivity index (χ3v) is 3.48. The number of carbonyl (C=O) groups excluding carboxylic acids is 2. The van der Waals surface area contributed by atoms with Crippen molar-refractivity contribution in [3.8, 4) is 0 Å². The van der Waals surface area contributed by atoms with E-state index in [-0.39, 0.29) is 23.7 Å². The van der Waals surface area contributed by atoms with E-state index in [1.165, 1.54) is 13.1 Å². The predicted octanol–water partition coefficient (Wildman–Crippen LogP) is 1.11. The van der Waals surface area contributed by atoms with E-state index in [4.69, 9.17) is 0 Å². The summed E-state index contributed by atoms with van der Waals surface area (Å²) in [4.78, 5) is 25.7. The largest absolute Gasteiger partial charge is 0.393 e. The van der Waals surface area contributed by atoms with Gasteiger partial charge in [-0.3, -0.25) is 9.59 Å². The molecule has 2 rings (SSSR count). The van der Waals surface area contributed by atoms with Crippen molar-refractivity contribution >= 4 is 11.7 Å². The van der Waals surface area contributed by atoms with Crippen LogP contribution in [0.5, 0.6) is 0 Å². The first-order chi connectivity index (χ1) is 8.58. The maximum absolute atomic E-state index is 11.8. The van der Waals surface area contributed by atoms with E-state index in [0.717, 1.165) is 19.3 Å². The SMILES string of the molecule is CC(=O)c1c[nH]c(C(=O)NCC2CCCC2O)c1. The minimum atomic E-state index is -0.304. The Bertz CT molecular complexity index is 453. The lowest BCUT2D eigenvalue weighted by Crippen LogP contribution is -2.32. The van der Waals surface area contributed by atoms with Crippen LogP contribution in [0.2, 0.25) is 0 Å². The summed E-state index contributed by atoms with van der Waals surface area (Å²) >= 11 is 0. The molecule has 1 heterocycles. The van der Waals surface area contributed by atoms with Crippen LogP contribution in [0.4, 0.5) is 0 Å². The molecule has 1 aromatic rings. The Hall–Kier alpha value is -1.62. The van der Waals surface area contributed by atoms with Gasteiger partial charge < -0.3 is 15.4 Å². The van der Waals surface area contributed by atoms with Gasteiger partial charge in [0.25, 0.3) is 5.91 Å². The third kappa shape index (κ3) is 2.79. The number of nitrogens with one attached hydrogen (secondary N) is 2. The minimum absolute atomic E-state index is 0.0727. The topological polar surface area (TPSA) is 82.2 Å². The molecule has 1 aromatic heterocycles. The molecular formula is C13H18N2O3. The van der Waals surface area contributed by atoms with Crippen LogP contribution in [-0.2, 0) is 0 Å². The quantitative estimate of drug-likeness (QED) is 0.700. The number of Topliss-reactive ketones (excluding diaryl/α,β-unsaturated/α-hetero) is 1. The van der Waals surface area contributed by atoms with Gasteiger partial charge in [-0.1, -0.05) is 6.42 Å². The highest BCUT2D eigenvalue weighted by Crippen LogP contribution is 2.24. The number of aromatic nitrogens is 1. The maximum Gasteiger partial charge on any atom is 0.267 e. The average Bonchev–Trinajstić information content (AvgIpc) is 2.94. The zero-order valence-corrected chi connectivity index (χ0v) is 10.4. The normalized spacial score (nSPS) is 23.0. The highest BCUT2D eigenvalue weighted by molar-refractivity contribution is 5.99. The molecule has 2 unspecified atom stereocenters. The van der Waals surface area contributed by atoms with Gasteiger partial charge in [0.1, 0.15) is 5.69 Å². The number of aromatic amines is 1. The molecule has 0 spiro atoms. The average molecular weight is 250 g/mol. The van der Waals surface area contributed by atoms with Crippen LogP contribution in [0.1, 0.15) is 47.0 Å². The highest BCUT2D eigenvalue weighted by Gasteiger charge is 2.25. The van der Waals surface area contributed by atoms with E-state index < -0.39 is 0 Å². The van der Waals surface area contributed by atoms with E-state index in [1.807, 2.05) is 0 Å². The second-order valence-electron chi connectivity index (χ2n) is 4.83. The fourth-order valence-corrected chi connectivity index (χ4v) is 2.30. The number of hydrogen-bond donors (Lipinski definition) is 3. The molecule has 0 aromatic carbocycles. The molecule has 1 saturated carbocycles. The van der Waals surface area contributed by atoms with Crippen LogP contribution >= 0.6 is 0 Å². The van der Waals surface area contributed by atoms with Gasteiger partial charge in [-0.05, 0) is 25.8 Å². The number of rotatable bonds is 4. The molecule has 0 bridgehead atoms. The van der Waals surface area contributed by atoms with Gasteiger partial charge in [0.05, 0.1) is 6.10 Å². The summed E-state index contributed by atoms with van der Waals surface area (Å²) in [5.74, 6) is -0.158. The number of hydrogen-bond acceptors (Lipinski definition) is 3. The van der Waals surface area contributed by atoms with Crippen LogP contribution in [0, 0.1) is 5.92 Å². The molecule has 0 aliphatic heterocycles. The lowest BCUT2D eigenvalue weighted by molar-refractivity contribution is 0.0912. The first-order valence-corrected chi connectivity index (χ1v) is 6.23. The fraction of sp³-hybridized carbons (Fsp3) is 0.538. The zero-order chi connectivity index (χ0) is 13.1. The molecule has 5 heteroatoms. The summed E-state index contributed by atoms with van der Waals surface area (Å²) in [5.41, 5.74) is 0.883. The maximum atomic E-state index is 11.8. The summed E-state index contributed by atoms with van der Waals surface area (Å²) in [6.45, 7) is 1.94. The Morgan fingerprint density at radius 2 is 2.28 bits per heavy atom. The molecule has 18 heavy (non-hydrogen) atoms. The van der Waals surface area contributed by atoms with Crippen molar-refractivity contribution in [3.63, 3.8) is 0 Å². The molecule has 2 atom stereocenters. The molecule has 1 amide bonds. The zero-order valence-electron chi connectivity index (χ0n) is 10.4. The predicted molar refractivity (Wildman–Crippen MR) is 66.5 cm³/mol. The first kappa shape index (κ1) is 12.8. The van der Waals surface area contributed by atoms with Crippen molar-refractivity contribution < 1.29 is 14.7 Å². The summed E-state index contributed by atoms with van der Waals surface area (Å²) in [6, 6.07) is 1.54. The number of ketones is 1. The number of carbonyl (C=O) groups is 2. The van der Waals surface area contributed by atoms with Gasteiger partial charge in [0.15, 0.2) is 5.78 Å². The number of aliphatic hydroxyl groups excluding tert-OH is 1. The number of H-pyrrole nitrogens is 1. The standard InChI is InChI=1S/C13H18N2O3/c1-8(16)10-5-11(14-7-10)13(18)15-6-9-3-2-4-12(9)17/h5,7,9,12,14,17H,2-4,6H2,1H3,(H,15,18). The molecule has 0 radical (unpaired) electrons. The Morgan fingerprint density at radius 1 is 1.50 bits per heavy atom. The van der Waals surface area contributed by atoms with Gasteiger partial charge in [-0.25, -0.2) is 0 Å². The van der Waals surface area contributed by atoms with Crippen LogP contribution in [0.25, 0.3) is 0 Å². The second kappa shape index (κ2) is 5.35. The Labute approximate surface area is 106 Å². The van der Waals surface area contributed by atoms with Gasteiger partial charge >= 0.3 is 0 Å². The van der Waals surface area contributed by atoms with Crippen molar-refractivity contribution in [1.29, 1.82) is 0 Å². The highest BCUT2D eigenvalue weighted by atomic mass is 16.3. The number of aliphatic hydroxyl groups is 1. The van der Waals surface area contributed by atoms with Gasteiger partial charge in [0, 0.05) is 24.2 Å². The van der Waals surface area contributed by atoms with Crippen LogP contribution in [0.3, 0.4) is 0 Å². The Balaban J connectivity index is 1.89. The van der Waals surface area contributed by atoms with Gasteiger partial charge in [-0.15, -0.1) is 0 Å². The monoisotopic (exact) mass is 250 g/mol. The third-order valence-electron chi connectivity index (χ3n) is 3.48. The van der Waals surface area contributed by atoms with E-state index >= 15 is 0 Å². The summed E-state index contributed by atoms with van der Waals surface area (Å²) in [7, 11) is 0. The van der Waals surface area contributed by atoms with Crippen LogP contribution < -0.4 is 5.32 Å². The molecule has 1 aliphatic carbocycles. The van der Waals surface area contributed by atoms with Gasteiger partial charge in [-0.2, -0.15) is 0 Å². The van der Waals surface area contributed by atoms with E-state index in [2.05, 4.69) is 10.3 Å². The second-order valence-corrected chi connectivity index (χ2v) is 4.83. The Morgan fingerprint density at radius 3 is 2.83 bits per heavy atom. The van der Waals surface area contributed by atoms with Crippen LogP contribution in [0.15, 0.2) is 12.3 Å². The van der Waals surface area contributed by atoms with Crippen LogP contribution in [-0.4, -0.2) is 34.4 Å². The lowest BCUT2D eigenvalue weighted by atomic mass is 10.1. The molecule has 5 nitrogen and oxygen atoms in total. The molecule has 1 aliphatic rings. The minimum Gasteiger partial charge on any atom is -0.393 e. The molecule has 3 N–H and O–H groups in total. The number of amides is 1. The summed E-state index contributed by atoms with van der Waals surface area (Å²) in [5, 5.41) is 12.4. The van der Waals surface area contributed by atoms with Crippen molar-refractivity contribution in [3.05, 3.63) is 23.5 Å². The van der Waals surface area contributed by atoms with E-state index in [9.17, 15) is 14.7 Å². The van der Waals surface area contributed by atoms with Gasteiger partial charge in [0.2, 0.25) is 0 Å². The van der Waals surface area contributed by atoms with E-state index in [1.54, 1.807) is 6.07 Å². The van der Waals surface area contributed by atoms with Crippen molar-refractivity contribution in [1.82, 2.24) is 10.3 Å². The Kier molecular flexibility index (Phi) is 3.81. The van der Waals surface area contributed by atoms with Crippen molar-refractivity contribution in [2.75, 3.05) is 6.54 Å². The molecular weight excluding hydrogens is 232 g/mol. The first-order valence-electron chi connectivity index (χ1n) is 6.23. The summed E-state index contributed by atoms with van der Waals surface area (Å²) in [6.07, 6.45) is 4.00. The molecule has 1 fully saturated rings. The smallest absolute Gasteiger partial charge is 0.267 e. The summed E-state index contributed by atoms with van der Waals surface area (Å²) < 4.78 is 0. The molecule has 0 saturated heterocycles. The van der Waals surface area contributed by atoms with E-state index in [0.29, 0.717) is 17.8 Å². The molecule has 98 valence electrons. The van der Waals surface area contributed by atoms with Crippen molar-refractivity contribution in [2.24, 2.45) is 5.92 Å². The fourth-order valence-electron chi connectivity index (χ4n) is 2.30.